The molecular formula is C14H25N3S. The molecule has 0 spiro atoms. The van der Waals surface area contributed by atoms with E-state index >= 15 is 0 Å². The minimum Gasteiger partial charge on any atom is -0.335 e. The fraction of sp³-hybridized carbons (Fsp3) is 0.786. The highest BCUT2D eigenvalue weighted by Gasteiger charge is 2.37. The Kier molecular flexibility index (Phi) is 4.73. The van der Waals surface area contributed by atoms with Crippen molar-refractivity contribution in [3.63, 3.8) is 0 Å². The first-order valence-electron chi connectivity index (χ1n) is 7.01. The predicted molar refractivity (Wildman–Crippen MR) is 79.2 cm³/mol. The quantitative estimate of drug-likeness (QED) is 0.859. The summed E-state index contributed by atoms with van der Waals surface area (Å²) < 4.78 is 2.67. The van der Waals surface area contributed by atoms with E-state index in [1.165, 1.54) is 30.8 Å². The van der Waals surface area contributed by atoms with Crippen LogP contribution in [0.1, 0.15) is 38.9 Å². The maximum absolute atomic E-state index is 4.54. The summed E-state index contributed by atoms with van der Waals surface area (Å²) in [7, 11) is 2.09. The molecule has 2 rings (SSSR count). The zero-order valence-corrected chi connectivity index (χ0v) is 12.6. The summed E-state index contributed by atoms with van der Waals surface area (Å²) >= 11 is 2.12. The Morgan fingerprint density at radius 2 is 2.44 bits per heavy atom. The van der Waals surface area contributed by atoms with Crippen LogP contribution in [-0.4, -0.2) is 33.1 Å². The highest BCUT2D eigenvalue weighted by molar-refractivity contribution is 8.00. The van der Waals surface area contributed by atoms with Crippen LogP contribution in [0.25, 0.3) is 0 Å². The first-order valence-corrected chi connectivity index (χ1v) is 7.99. The zero-order chi connectivity index (χ0) is 13.0. The summed E-state index contributed by atoms with van der Waals surface area (Å²) in [6.07, 6.45) is 8.91. The van der Waals surface area contributed by atoms with Gasteiger partial charge in [0.25, 0.3) is 0 Å². The average Bonchev–Trinajstić information content (AvgIpc) is 2.97. The average molecular weight is 267 g/mol. The molecule has 1 fully saturated rings. The molecule has 0 aliphatic carbocycles. The molecule has 18 heavy (non-hydrogen) atoms. The Balaban J connectivity index is 2.07. The van der Waals surface area contributed by atoms with Gasteiger partial charge in [-0.3, -0.25) is 0 Å². The molecule has 1 aliphatic rings. The lowest BCUT2D eigenvalue weighted by molar-refractivity contribution is 0.411. The van der Waals surface area contributed by atoms with E-state index in [4.69, 9.17) is 0 Å². The maximum atomic E-state index is 4.54. The van der Waals surface area contributed by atoms with E-state index in [-0.39, 0.29) is 0 Å². The van der Waals surface area contributed by atoms with Crippen molar-refractivity contribution in [2.45, 2.75) is 56.9 Å². The van der Waals surface area contributed by atoms with Crippen molar-refractivity contribution in [2.24, 2.45) is 0 Å². The van der Waals surface area contributed by atoms with Crippen LogP contribution in [0.2, 0.25) is 0 Å². The van der Waals surface area contributed by atoms with Crippen molar-refractivity contribution in [2.75, 3.05) is 12.8 Å². The Morgan fingerprint density at radius 3 is 3.06 bits per heavy atom. The third kappa shape index (κ3) is 2.91. The Hall–Kier alpha value is -0.480. The molecule has 102 valence electrons. The number of imidazole rings is 1. The predicted octanol–water partition coefficient (Wildman–Crippen LogP) is 2.71. The molecule has 0 radical (unpaired) electrons. The van der Waals surface area contributed by atoms with Gasteiger partial charge in [0, 0.05) is 36.1 Å². The van der Waals surface area contributed by atoms with E-state index in [1.54, 1.807) is 0 Å². The van der Waals surface area contributed by atoms with Gasteiger partial charge in [0.2, 0.25) is 0 Å². The van der Waals surface area contributed by atoms with Gasteiger partial charge in [0.1, 0.15) is 5.82 Å². The van der Waals surface area contributed by atoms with E-state index in [2.05, 4.69) is 53.7 Å². The number of aryl methyl sites for hydroxylation is 1. The first-order chi connectivity index (χ1) is 8.69. The summed E-state index contributed by atoms with van der Waals surface area (Å²) in [5.74, 6) is 2.53. The zero-order valence-electron chi connectivity index (χ0n) is 11.8. The lowest BCUT2D eigenvalue weighted by atomic mass is 9.93. The van der Waals surface area contributed by atoms with Crippen LogP contribution in [0.15, 0.2) is 12.4 Å². The van der Waals surface area contributed by atoms with Crippen LogP contribution < -0.4 is 5.32 Å². The van der Waals surface area contributed by atoms with E-state index in [1.807, 2.05) is 6.20 Å². The van der Waals surface area contributed by atoms with Crippen LogP contribution in [0.4, 0.5) is 0 Å². The van der Waals surface area contributed by atoms with Gasteiger partial charge in [-0.05, 0) is 39.0 Å². The smallest absolute Gasteiger partial charge is 0.110 e. The van der Waals surface area contributed by atoms with Crippen molar-refractivity contribution in [1.82, 2.24) is 14.9 Å². The molecule has 2 heterocycles. The van der Waals surface area contributed by atoms with E-state index < -0.39 is 0 Å². The van der Waals surface area contributed by atoms with Crippen LogP contribution in [0.5, 0.6) is 0 Å². The molecule has 1 N–H and O–H groups in total. The monoisotopic (exact) mass is 267 g/mol. The standard InChI is InChI=1S/C14H25N3S/c1-4-8-17-9-7-16-13(17)11-12(15-3)14(2)6-5-10-18-14/h7,9,12,15H,4-6,8,10-11H2,1-3H3. The van der Waals surface area contributed by atoms with Crippen molar-refractivity contribution < 1.29 is 0 Å². The summed E-state index contributed by atoms with van der Waals surface area (Å²) in [4.78, 5) is 4.54. The second-order valence-corrected chi connectivity index (χ2v) is 6.98. The second-order valence-electron chi connectivity index (χ2n) is 5.35. The van der Waals surface area contributed by atoms with E-state index in [9.17, 15) is 0 Å². The molecule has 4 heteroatoms. The van der Waals surface area contributed by atoms with Crippen LogP contribution in [0.3, 0.4) is 0 Å². The number of nitrogens with zero attached hydrogens (tertiary/aromatic N) is 2. The largest absolute Gasteiger partial charge is 0.335 e. The molecule has 1 aromatic rings. The summed E-state index contributed by atoms with van der Waals surface area (Å²) in [6.45, 7) is 5.70. The van der Waals surface area contributed by atoms with Crippen molar-refractivity contribution >= 4 is 11.8 Å². The molecule has 1 aliphatic heterocycles. The number of likely N-dealkylation sites (N-methyl/N-ethyl adjacent to an activating group) is 1. The minimum atomic E-state index is 0.373. The summed E-state index contributed by atoms with van der Waals surface area (Å²) in [5, 5.41) is 3.52. The fourth-order valence-corrected chi connectivity index (χ4v) is 4.30. The Morgan fingerprint density at radius 1 is 1.61 bits per heavy atom. The maximum Gasteiger partial charge on any atom is 0.110 e. The van der Waals surface area contributed by atoms with Crippen molar-refractivity contribution in [3.05, 3.63) is 18.2 Å². The third-order valence-corrected chi connectivity index (χ3v) is 5.63. The van der Waals surface area contributed by atoms with Crippen LogP contribution >= 0.6 is 11.8 Å². The van der Waals surface area contributed by atoms with Gasteiger partial charge in [-0.1, -0.05) is 6.92 Å². The van der Waals surface area contributed by atoms with Crippen LogP contribution in [0, 0.1) is 0 Å². The van der Waals surface area contributed by atoms with Crippen LogP contribution in [-0.2, 0) is 13.0 Å². The van der Waals surface area contributed by atoms with Crippen molar-refractivity contribution in [3.8, 4) is 0 Å². The molecule has 2 unspecified atom stereocenters. The van der Waals surface area contributed by atoms with Gasteiger partial charge < -0.3 is 9.88 Å². The number of hydrogen-bond acceptors (Lipinski definition) is 3. The molecule has 2 atom stereocenters. The fourth-order valence-electron chi connectivity index (χ4n) is 2.86. The molecule has 0 amide bonds. The molecular weight excluding hydrogens is 242 g/mol. The van der Waals surface area contributed by atoms with Gasteiger partial charge in [0.05, 0.1) is 0 Å². The Bertz CT molecular complexity index is 369. The van der Waals surface area contributed by atoms with Crippen molar-refractivity contribution in [1.29, 1.82) is 0 Å². The van der Waals surface area contributed by atoms with Gasteiger partial charge in [-0.15, -0.1) is 0 Å². The second kappa shape index (κ2) is 6.11. The highest BCUT2D eigenvalue weighted by Crippen LogP contribution is 2.41. The Labute approximate surface area is 115 Å². The lowest BCUT2D eigenvalue weighted by Crippen LogP contribution is -2.45. The van der Waals surface area contributed by atoms with E-state index in [0.29, 0.717) is 10.8 Å². The number of thioether (sulfide) groups is 1. The number of aromatic nitrogens is 2. The molecule has 1 saturated heterocycles. The van der Waals surface area contributed by atoms with Gasteiger partial charge >= 0.3 is 0 Å². The summed E-state index contributed by atoms with van der Waals surface area (Å²) in [5.41, 5.74) is 0. The number of rotatable bonds is 6. The third-order valence-electron chi connectivity index (χ3n) is 3.99. The first kappa shape index (κ1) is 13.9. The topological polar surface area (TPSA) is 29.9 Å². The molecule has 1 aromatic heterocycles. The molecule has 0 aromatic carbocycles. The minimum absolute atomic E-state index is 0.373. The SMILES string of the molecule is CCCn1ccnc1CC(NC)C1(C)CCCS1. The molecule has 0 bridgehead atoms. The van der Waals surface area contributed by atoms with Gasteiger partial charge in [-0.2, -0.15) is 11.8 Å². The molecule has 3 nitrogen and oxygen atoms in total. The normalized spacial score (nSPS) is 25.5. The van der Waals surface area contributed by atoms with E-state index in [0.717, 1.165) is 13.0 Å². The molecule has 0 saturated carbocycles. The highest BCUT2D eigenvalue weighted by atomic mass is 32.2. The number of nitrogens with one attached hydrogen (secondary N) is 1. The summed E-state index contributed by atoms with van der Waals surface area (Å²) in [6, 6.07) is 0.517. The van der Waals surface area contributed by atoms with Gasteiger partial charge in [0.15, 0.2) is 0 Å². The lowest BCUT2D eigenvalue weighted by Gasteiger charge is -2.33. The number of hydrogen-bond donors (Lipinski definition) is 1. The van der Waals surface area contributed by atoms with Gasteiger partial charge in [-0.25, -0.2) is 4.98 Å².